The molecule has 0 aromatic carbocycles. The number of aliphatic hydroxyl groups excluding tert-OH is 1. The molecule has 0 aromatic heterocycles. The van der Waals surface area contributed by atoms with Gasteiger partial charge in [-0.2, -0.15) is 0 Å². The summed E-state index contributed by atoms with van der Waals surface area (Å²) in [6, 6.07) is 0. The summed E-state index contributed by atoms with van der Waals surface area (Å²) in [5, 5.41) is 12.9. The molecule has 1 aliphatic rings. The van der Waals surface area contributed by atoms with Crippen LogP contribution in [0.3, 0.4) is 0 Å². The summed E-state index contributed by atoms with van der Waals surface area (Å²) in [4.78, 5) is 2.27. The molecule has 1 fully saturated rings. The number of piperazine rings is 1. The molecule has 0 saturated carbocycles. The summed E-state index contributed by atoms with van der Waals surface area (Å²) in [6.45, 7) is 9.25. The maximum atomic E-state index is 9.66. The van der Waals surface area contributed by atoms with Crippen LogP contribution in [-0.4, -0.2) is 61.5 Å². The molecule has 0 bridgehead atoms. The van der Waals surface area contributed by atoms with Crippen LogP contribution in [0.5, 0.6) is 0 Å². The fourth-order valence-corrected chi connectivity index (χ4v) is 1.55. The first-order chi connectivity index (χ1) is 6.68. The molecule has 0 aliphatic carbocycles. The van der Waals surface area contributed by atoms with E-state index in [1.54, 1.807) is 0 Å². The minimum atomic E-state index is -0.351. The molecule has 1 saturated heterocycles. The first kappa shape index (κ1) is 15.1. The molecule has 2 N–H and O–H groups in total. The SMILES string of the molecule is CC(C)OCC(O)CN1CCNCC1.Cl. The predicted octanol–water partition coefficient (Wildman–Crippen LogP) is 0.0993. The lowest BCUT2D eigenvalue weighted by Crippen LogP contribution is -2.47. The molecule has 1 aliphatic heterocycles. The highest BCUT2D eigenvalue weighted by atomic mass is 35.5. The standard InChI is InChI=1S/C10H22N2O2.ClH/c1-9(2)14-8-10(13)7-12-5-3-11-4-6-12;/h9-11,13H,3-8H2,1-2H3;1H. The van der Waals surface area contributed by atoms with Crippen LogP contribution in [0.25, 0.3) is 0 Å². The Balaban J connectivity index is 0.00000196. The first-order valence-corrected chi connectivity index (χ1v) is 5.41. The molecule has 1 heterocycles. The molecule has 0 aromatic rings. The molecule has 4 nitrogen and oxygen atoms in total. The Kier molecular flexibility index (Phi) is 8.37. The van der Waals surface area contributed by atoms with Crippen LogP contribution in [0.1, 0.15) is 13.8 Å². The Labute approximate surface area is 98.4 Å². The summed E-state index contributed by atoms with van der Waals surface area (Å²) in [6.07, 6.45) is -0.150. The van der Waals surface area contributed by atoms with Gasteiger partial charge >= 0.3 is 0 Å². The Hall–Kier alpha value is 0.130. The van der Waals surface area contributed by atoms with Gasteiger partial charge in [-0.1, -0.05) is 0 Å². The number of hydrogen-bond donors (Lipinski definition) is 2. The zero-order valence-corrected chi connectivity index (χ0v) is 10.4. The average molecular weight is 239 g/mol. The van der Waals surface area contributed by atoms with Crippen molar-refractivity contribution in [3.8, 4) is 0 Å². The highest BCUT2D eigenvalue weighted by molar-refractivity contribution is 5.85. The molecule has 15 heavy (non-hydrogen) atoms. The number of ether oxygens (including phenoxy) is 1. The highest BCUT2D eigenvalue weighted by Crippen LogP contribution is 1.97. The van der Waals surface area contributed by atoms with Crippen molar-refractivity contribution < 1.29 is 9.84 Å². The minimum absolute atomic E-state index is 0. The Bertz CT molecular complexity index is 152. The van der Waals surface area contributed by atoms with Gasteiger partial charge in [0, 0.05) is 32.7 Å². The summed E-state index contributed by atoms with van der Waals surface area (Å²) in [5.74, 6) is 0. The zero-order chi connectivity index (χ0) is 10.4. The number of hydrogen-bond acceptors (Lipinski definition) is 4. The third kappa shape index (κ3) is 7.09. The van der Waals surface area contributed by atoms with Crippen LogP contribution in [0, 0.1) is 0 Å². The number of rotatable bonds is 5. The third-order valence-corrected chi connectivity index (χ3v) is 2.30. The maximum Gasteiger partial charge on any atom is 0.0900 e. The Morgan fingerprint density at radius 2 is 1.93 bits per heavy atom. The van der Waals surface area contributed by atoms with Crippen molar-refractivity contribution in [3.63, 3.8) is 0 Å². The molecular formula is C10H23ClN2O2. The van der Waals surface area contributed by atoms with Gasteiger partial charge in [0.05, 0.1) is 18.8 Å². The topological polar surface area (TPSA) is 44.7 Å². The van der Waals surface area contributed by atoms with E-state index in [1.807, 2.05) is 13.8 Å². The second kappa shape index (κ2) is 8.30. The van der Waals surface area contributed by atoms with Gasteiger partial charge in [0.25, 0.3) is 0 Å². The molecule has 1 rings (SSSR count). The number of nitrogens with one attached hydrogen (secondary N) is 1. The van der Waals surface area contributed by atoms with E-state index in [2.05, 4.69) is 10.2 Å². The lowest BCUT2D eigenvalue weighted by molar-refractivity contribution is -0.00967. The molecule has 0 radical (unpaired) electrons. The van der Waals surface area contributed by atoms with Gasteiger partial charge < -0.3 is 15.2 Å². The van der Waals surface area contributed by atoms with E-state index in [0.717, 1.165) is 32.7 Å². The van der Waals surface area contributed by atoms with Crippen molar-refractivity contribution >= 4 is 12.4 Å². The van der Waals surface area contributed by atoms with Crippen LogP contribution in [0.2, 0.25) is 0 Å². The van der Waals surface area contributed by atoms with Crippen molar-refractivity contribution in [2.45, 2.75) is 26.1 Å². The van der Waals surface area contributed by atoms with E-state index in [-0.39, 0.29) is 24.6 Å². The Morgan fingerprint density at radius 3 is 2.47 bits per heavy atom. The lowest BCUT2D eigenvalue weighted by atomic mass is 10.3. The summed E-state index contributed by atoms with van der Waals surface area (Å²) >= 11 is 0. The van der Waals surface area contributed by atoms with Crippen molar-refractivity contribution in [1.29, 1.82) is 0 Å². The first-order valence-electron chi connectivity index (χ1n) is 5.41. The summed E-state index contributed by atoms with van der Waals surface area (Å²) in [7, 11) is 0. The summed E-state index contributed by atoms with van der Waals surface area (Å²) < 4.78 is 5.35. The summed E-state index contributed by atoms with van der Waals surface area (Å²) in [5.41, 5.74) is 0. The van der Waals surface area contributed by atoms with Crippen molar-refractivity contribution in [2.75, 3.05) is 39.3 Å². The smallest absolute Gasteiger partial charge is 0.0900 e. The molecule has 0 amide bonds. The van der Waals surface area contributed by atoms with Crippen LogP contribution in [0.4, 0.5) is 0 Å². The van der Waals surface area contributed by atoms with E-state index in [9.17, 15) is 5.11 Å². The van der Waals surface area contributed by atoms with Gasteiger partial charge in [-0.15, -0.1) is 12.4 Å². The second-order valence-electron chi connectivity index (χ2n) is 4.09. The van der Waals surface area contributed by atoms with Crippen molar-refractivity contribution in [2.24, 2.45) is 0 Å². The Morgan fingerprint density at radius 1 is 1.33 bits per heavy atom. The predicted molar refractivity (Wildman–Crippen MR) is 63.7 cm³/mol. The quantitative estimate of drug-likeness (QED) is 0.713. The van der Waals surface area contributed by atoms with Crippen LogP contribution in [0.15, 0.2) is 0 Å². The van der Waals surface area contributed by atoms with Gasteiger partial charge in [0.2, 0.25) is 0 Å². The van der Waals surface area contributed by atoms with Crippen molar-refractivity contribution in [3.05, 3.63) is 0 Å². The van der Waals surface area contributed by atoms with Gasteiger partial charge in [-0.05, 0) is 13.8 Å². The minimum Gasteiger partial charge on any atom is -0.389 e. The molecule has 1 atom stereocenters. The number of halogens is 1. The van der Waals surface area contributed by atoms with E-state index < -0.39 is 0 Å². The number of nitrogens with zero attached hydrogens (tertiary/aromatic N) is 1. The lowest BCUT2D eigenvalue weighted by Gasteiger charge is -2.29. The normalized spacial score (nSPS) is 20.0. The van der Waals surface area contributed by atoms with E-state index >= 15 is 0 Å². The van der Waals surface area contributed by atoms with Crippen LogP contribution >= 0.6 is 12.4 Å². The van der Waals surface area contributed by atoms with Gasteiger partial charge in [-0.25, -0.2) is 0 Å². The maximum absolute atomic E-state index is 9.66. The van der Waals surface area contributed by atoms with Gasteiger partial charge in [-0.3, -0.25) is 4.90 Å². The number of aliphatic hydroxyl groups is 1. The average Bonchev–Trinajstić information content (AvgIpc) is 2.16. The third-order valence-electron chi connectivity index (χ3n) is 2.30. The van der Waals surface area contributed by atoms with Gasteiger partial charge in [0.15, 0.2) is 0 Å². The molecule has 5 heteroatoms. The fraction of sp³-hybridized carbons (Fsp3) is 1.00. The number of β-amino-alcohol motifs (C(OH)–C–C–N with tert-alkyl or cyclic N) is 1. The van der Waals surface area contributed by atoms with Crippen LogP contribution in [-0.2, 0) is 4.74 Å². The molecule has 0 spiro atoms. The molecule has 1 unspecified atom stereocenters. The zero-order valence-electron chi connectivity index (χ0n) is 9.61. The van der Waals surface area contributed by atoms with Crippen LogP contribution < -0.4 is 5.32 Å². The second-order valence-corrected chi connectivity index (χ2v) is 4.09. The van der Waals surface area contributed by atoms with E-state index in [0.29, 0.717) is 6.61 Å². The molecular weight excluding hydrogens is 216 g/mol. The van der Waals surface area contributed by atoms with E-state index in [1.165, 1.54) is 0 Å². The largest absolute Gasteiger partial charge is 0.389 e. The molecule has 92 valence electrons. The fourth-order valence-electron chi connectivity index (χ4n) is 1.55. The van der Waals surface area contributed by atoms with Gasteiger partial charge in [0.1, 0.15) is 0 Å². The highest BCUT2D eigenvalue weighted by Gasteiger charge is 2.14. The van der Waals surface area contributed by atoms with E-state index in [4.69, 9.17) is 4.74 Å². The monoisotopic (exact) mass is 238 g/mol. The van der Waals surface area contributed by atoms with Crippen molar-refractivity contribution in [1.82, 2.24) is 10.2 Å².